The van der Waals surface area contributed by atoms with Crippen molar-refractivity contribution in [3.8, 4) is 5.75 Å². The maximum atomic E-state index is 11.0. The first-order valence-electron chi connectivity index (χ1n) is 11.1. The number of hydrogen-bond donors (Lipinski definition) is 1. The molecule has 0 amide bonds. The summed E-state index contributed by atoms with van der Waals surface area (Å²) in [5.41, 5.74) is 3.30. The highest BCUT2D eigenvalue weighted by Gasteiger charge is 2.17. The van der Waals surface area contributed by atoms with Crippen molar-refractivity contribution in [1.82, 2.24) is 14.7 Å². The molecule has 1 aliphatic heterocycles. The molecular formula is C25H30N4O3. The lowest BCUT2D eigenvalue weighted by Crippen LogP contribution is -2.47. The van der Waals surface area contributed by atoms with E-state index in [1.165, 1.54) is 5.69 Å². The summed E-state index contributed by atoms with van der Waals surface area (Å²) in [5.74, 6) is -0.0216. The maximum Gasteiger partial charge on any atom is 0.303 e. The Hall–Kier alpha value is -3.32. The van der Waals surface area contributed by atoms with Crippen molar-refractivity contribution >= 4 is 11.7 Å². The van der Waals surface area contributed by atoms with Crippen LogP contribution >= 0.6 is 0 Å². The second-order valence-electron chi connectivity index (χ2n) is 8.05. The van der Waals surface area contributed by atoms with Crippen LogP contribution in [0.25, 0.3) is 0 Å². The van der Waals surface area contributed by atoms with Crippen LogP contribution in [0.3, 0.4) is 0 Å². The van der Waals surface area contributed by atoms with Crippen molar-refractivity contribution in [3.05, 3.63) is 78.1 Å². The van der Waals surface area contributed by atoms with Crippen molar-refractivity contribution in [2.24, 2.45) is 0 Å². The predicted octanol–water partition coefficient (Wildman–Crippen LogP) is 3.15. The highest BCUT2D eigenvalue weighted by Crippen LogP contribution is 2.23. The van der Waals surface area contributed by atoms with E-state index >= 15 is 0 Å². The zero-order valence-electron chi connectivity index (χ0n) is 18.3. The molecule has 7 nitrogen and oxygen atoms in total. The van der Waals surface area contributed by atoms with Crippen molar-refractivity contribution in [2.45, 2.75) is 19.4 Å². The van der Waals surface area contributed by atoms with E-state index in [0.717, 1.165) is 49.6 Å². The molecule has 1 aromatic heterocycles. The molecule has 1 aliphatic rings. The zero-order valence-corrected chi connectivity index (χ0v) is 18.3. The number of para-hydroxylation sites is 1. The quantitative estimate of drug-likeness (QED) is 0.529. The fourth-order valence-electron chi connectivity index (χ4n) is 4.01. The standard InChI is InChI=1S/C25H30N4O3/c30-25(31)10-9-22-8-7-21(20-29-12-4-11-26-29)19-24(22)32-18-17-27-13-15-28(16-14-27)23-5-2-1-3-6-23/h1-8,11-12,19H,9-10,13-18,20H2,(H,30,31). The van der Waals surface area contributed by atoms with Gasteiger partial charge < -0.3 is 14.7 Å². The van der Waals surface area contributed by atoms with Gasteiger partial charge in [-0.25, -0.2) is 0 Å². The van der Waals surface area contributed by atoms with E-state index in [0.29, 0.717) is 19.6 Å². The molecule has 0 spiro atoms. The van der Waals surface area contributed by atoms with Gasteiger partial charge in [0.05, 0.1) is 6.54 Å². The van der Waals surface area contributed by atoms with E-state index in [-0.39, 0.29) is 6.42 Å². The number of nitrogens with zero attached hydrogens (tertiary/aromatic N) is 4. The third-order valence-electron chi connectivity index (χ3n) is 5.80. The van der Waals surface area contributed by atoms with Gasteiger partial charge >= 0.3 is 5.97 Å². The summed E-state index contributed by atoms with van der Waals surface area (Å²) in [4.78, 5) is 15.9. The SMILES string of the molecule is O=C(O)CCc1ccc(Cn2cccn2)cc1OCCN1CCN(c2ccccc2)CC1. The zero-order chi connectivity index (χ0) is 22.2. The van der Waals surface area contributed by atoms with Gasteiger partial charge in [0.2, 0.25) is 0 Å². The fourth-order valence-corrected chi connectivity index (χ4v) is 4.01. The predicted molar refractivity (Wildman–Crippen MR) is 124 cm³/mol. The van der Waals surface area contributed by atoms with E-state index in [1.807, 2.05) is 41.2 Å². The summed E-state index contributed by atoms with van der Waals surface area (Å²) < 4.78 is 8.03. The van der Waals surface area contributed by atoms with Crippen LogP contribution < -0.4 is 9.64 Å². The van der Waals surface area contributed by atoms with Crippen LogP contribution in [-0.4, -0.2) is 65.1 Å². The Morgan fingerprint density at radius 2 is 1.84 bits per heavy atom. The average molecular weight is 435 g/mol. The molecule has 0 unspecified atom stereocenters. The molecule has 1 fully saturated rings. The lowest BCUT2D eigenvalue weighted by Gasteiger charge is -2.36. The Morgan fingerprint density at radius 1 is 1.03 bits per heavy atom. The third kappa shape index (κ3) is 6.11. The first kappa shape index (κ1) is 21.9. The van der Waals surface area contributed by atoms with Gasteiger partial charge in [-0.2, -0.15) is 5.10 Å². The Balaban J connectivity index is 1.32. The molecule has 2 aromatic carbocycles. The molecule has 0 aliphatic carbocycles. The van der Waals surface area contributed by atoms with Crippen LogP contribution in [0.1, 0.15) is 17.5 Å². The topological polar surface area (TPSA) is 70.8 Å². The Bertz CT molecular complexity index is 984. The van der Waals surface area contributed by atoms with Crippen molar-refractivity contribution < 1.29 is 14.6 Å². The number of ether oxygens (including phenoxy) is 1. The Kier molecular flexibility index (Phi) is 7.40. The van der Waals surface area contributed by atoms with Crippen molar-refractivity contribution in [1.29, 1.82) is 0 Å². The van der Waals surface area contributed by atoms with Gasteiger partial charge in [-0.1, -0.05) is 30.3 Å². The molecule has 0 saturated carbocycles. The second kappa shape index (κ2) is 10.8. The summed E-state index contributed by atoms with van der Waals surface area (Å²) in [6, 6.07) is 18.5. The second-order valence-corrected chi connectivity index (χ2v) is 8.05. The molecule has 1 N–H and O–H groups in total. The van der Waals surface area contributed by atoms with Gasteiger partial charge in [0, 0.05) is 57.2 Å². The number of hydrogen-bond acceptors (Lipinski definition) is 5. The number of rotatable bonds is 10. The Labute approximate surface area is 188 Å². The number of aromatic nitrogens is 2. The molecule has 0 atom stereocenters. The van der Waals surface area contributed by atoms with Crippen LogP contribution in [0.2, 0.25) is 0 Å². The highest BCUT2D eigenvalue weighted by atomic mass is 16.5. The van der Waals surface area contributed by atoms with E-state index in [9.17, 15) is 4.79 Å². The largest absolute Gasteiger partial charge is 0.492 e. The van der Waals surface area contributed by atoms with Crippen molar-refractivity contribution in [3.63, 3.8) is 0 Å². The van der Waals surface area contributed by atoms with Gasteiger partial charge in [-0.15, -0.1) is 0 Å². The number of piperazine rings is 1. The minimum atomic E-state index is -0.798. The molecule has 32 heavy (non-hydrogen) atoms. The van der Waals surface area contributed by atoms with Crippen LogP contribution in [0.5, 0.6) is 5.75 Å². The van der Waals surface area contributed by atoms with Crippen LogP contribution in [-0.2, 0) is 17.8 Å². The fraction of sp³-hybridized carbons (Fsp3) is 0.360. The highest BCUT2D eigenvalue weighted by molar-refractivity contribution is 5.67. The molecule has 4 rings (SSSR count). The van der Waals surface area contributed by atoms with Crippen molar-refractivity contribution in [2.75, 3.05) is 44.2 Å². The van der Waals surface area contributed by atoms with E-state index in [4.69, 9.17) is 9.84 Å². The van der Waals surface area contributed by atoms with Gasteiger partial charge in [-0.3, -0.25) is 14.4 Å². The number of aryl methyl sites for hydroxylation is 1. The van der Waals surface area contributed by atoms with Gasteiger partial charge in [0.15, 0.2) is 0 Å². The van der Waals surface area contributed by atoms with E-state index < -0.39 is 5.97 Å². The first-order valence-corrected chi connectivity index (χ1v) is 11.1. The minimum Gasteiger partial charge on any atom is -0.492 e. The molecule has 1 saturated heterocycles. The minimum absolute atomic E-state index is 0.0936. The molecule has 7 heteroatoms. The maximum absolute atomic E-state index is 11.0. The normalized spacial score (nSPS) is 14.4. The molecule has 0 radical (unpaired) electrons. The number of carboxylic acids is 1. The van der Waals surface area contributed by atoms with E-state index in [2.05, 4.69) is 39.2 Å². The first-order chi connectivity index (χ1) is 15.7. The summed E-state index contributed by atoms with van der Waals surface area (Å²) >= 11 is 0. The van der Waals surface area contributed by atoms with Crippen LogP contribution in [0.15, 0.2) is 67.0 Å². The summed E-state index contributed by atoms with van der Waals surface area (Å²) in [7, 11) is 0. The molecular weight excluding hydrogens is 404 g/mol. The lowest BCUT2D eigenvalue weighted by molar-refractivity contribution is -0.136. The Morgan fingerprint density at radius 3 is 2.56 bits per heavy atom. The van der Waals surface area contributed by atoms with Gasteiger partial charge in [0.1, 0.15) is 12.4 Å². The summed E-state index contributed by atoms with van der Waals surface area (Å²) in [5, 5.41) is 13.3. The van der Waals surface area contributed by atoms with Crippen LogP contribution in [0, 0.1) is 0 Å². The molecule has 0 bridgehead atoms. The number of anilines is 1. The number of aliphatic carboxylic acids is 1. The van der Waals surface area contributed by atoms with Gasteiger partial charge in [-0.05, 0) is 41.8 Å². The van der Waals surface area contributed by atoms with E-state index in [1.54, 1.807) is 6.20 Å². The number of benzene rings is 2. The lowest BCUT2D eigenvalue weighted by atomic mass is 10.1. The molecule has 3 aromatic rings. The van der Waals surface area contributed by atoms with Gasteiger partial charge in [0.25, 0.3) is 0 Å². The van der Waals surface area contributed by atoms with Crippen LogP contribution in [0.4, 0.5) is 5.69 Å². The monoisotopic (exact) mass is 434 g/mol. The number of carboxylic acid groups (broad SMARTS) is 1. The molecule has 168 valence electrons. The number of carbonyl (C=O) groups is 1. The third-order valence-corrected chi connectivity index (χ3v) is 5.80. The average Bonchev–Trinajstić information content (AvgIpc) is 3.32. The molecule has 2 heterocycles. The smallest absolute Gasteiger partial charge is 0.303 e. The summed E-state index contributed by atoms with van der Waals surface area (Å²) in [6.07, 6.45) is 4.24. The summed E-state index contributed by atoms with van der Waals surface area (Å²) in [6.45, 7) is 6.11.